The summed E-state index contributed by atoms with van der Waals surface area (Å²) in [6.07, 6.45) is 3.89. The zero-order valence-electron chi connectivity index (χ0n) is 14.4. The van der Waals surface area contributed by atoms with Crippen LogP contribution in [-0.4, -0.2) is 48.1 Å². The average molecular weight is 340 g/mol. The minimum Gasteiger partial charge on any atom is -0.353 e. The molecule has 25 heavy (non-hydrogen) atoms. The van der Waals surface area contributed by atoms with Crippen molar-refractivity contribution in [1.82, 2.24) is 15.2 Å². The van der Waals surface area contributed by atoms with Crippen molar-refractivity contribution in [3.63, 3.8) is 0 Å². The number of benzene rings is 1. The molecule has 2 saturated heterocycles. The van der Waals surface area contributed by atoms with Crippen LogP contribution in [0, 0.1) is 5.82 Å². The fourth-order valence-corrected chi connectivity index (χ4v) is 3.99. The highest BCUT2D eigenvalue weighted by Gasteiger charge is 2.29. The molecule has 0 amide bonds. The molecular formula is C20H25FN4. The summed E-state index contributed by atoms with van der Waals surface area (Å²) in [5.41, 5.74) is 1.38. The third-order valence-corrected chi connectivity index (χ3v) is 5.22. The first-order valence-electron chi connectivity index (χ1n) is 9.16. The smallest absolute Gasteiger partial charge is 0.165 e. The topological polar surface area (TPSA) is 31.4 Å². The average Bonchev–Trinajstić information content (AvgIpc) is 3.26. The highest BCUT2D eigenvalue weighted by molar-refractivity contribution is 5.41. The Morgan fingerprint density at radius 1 is 1.00 bits per heavy atom. The predicted molar refractivity (Wildman–Crippen MR) is 98.1 cm³/mol. The second kappa shape index (κ2) is 7.50. The first-order chi connectivity index (χ1) is 12.3. The highest BCUT2D eigenvalue weighted by Crippen LogP contribution is 2.22. The molecule has 2 aliphatic heterocycles. The molecule has 0 spiro atoms. The second-order valence-corrected chi connectivity index (χ2v) is 7.11. The Labute approximate surface area is 148 Å². The van der Waals surface area contributed by atoms with Crippen LogP contribution < -0.4 is 10.2 Å². The maximum absolute atomic E-state index is 13.9. The number of pyridine rings is 1. The van der Waals surface area contributed by atoms with Gasteiger partial charge in [0.25, 0.3) is 0 Å². The molecule has 3 heterocycles. The van der Waals surface area contributed by atoms with E-state index in [-0.39, 0.29) is 5.82 Å². The molecule has 0 bridgehead atoms. The number of nitrogens with zero attached hydrogens (tertiary/aromatic N) is 3. The molecule has 2 aromatic rings. The number of hydrogen-bond acceptors (Lipinski definition) is 4. The van der Waals surface area contributed by atoms with Crippen molar-refractivity contribution in [2.24, 2.45) is 0 Å². The van der Waals surface area contributed by atoms with Gasteiger partial charge in [-0.3, -0.25) is 4.90 Å². The van der Waals surface area contributed by atoms with Crippen LogP contribution in [0.5, 0.6) is 0 Å². The minimum absolute atomic E-state index is 0.224. The number of likely N-dealkylation sites (tertiary alicyclic amines) is 1. The lowest BCUT2D eigenvalue weighted by atomic mass is 10.2. The maximum Gasteiger partial charge on any atom is 0.165 e. The lowest BCUT2D eigenvalue weighted by Gasteiger charge is -2.21. The van der Waals surface area contributed by atoms with E-state index in [1.807, 2.05) is 0 Å². The van der Waals surface area contributed by atoms with Crippen LogP contribution in [0.1, 0.15) is 18.4 Å². The monoisotopic (exact) mass is 340 g/mol. The zero-order valence-corrected chi connectivity index (χ0v) is 14.4. The summed E-state index contributed by atoms with van der Waals surface area (Å²) in [4.78, 5) is 8.77. The van der Waals surface area contributed by atoms with Gasteiger partial charge in [-0.05, 0) is 30.5 Å². The number of anilines is 1. The summed E-state index contributed by atoms with van der Waals surface area (Å²) < 4.78 is 13.9. The van der Waals surface area contributed by atoms with Crippen molar-refractivity contribution in [2.45, 2.75) is 31.5 Å². The molecule has 0 unspecified atom stereocenters. The molecule has 1 aromatic heterocycles. The Kier molecular flexibility index (Phi) is 4.95. The third-order valence-electron chi connectivity index (χ3n) is 5.22. The SMILES string of the molecule is Fc1cccnc1N1CC[C@@H](N[C@H]2CCN(Cc3ccccc3)C2)C1. The predicted octanol–water partition coefficient (Wildman–Crippen LogP) is 2.66. The van der Waals surface area contributed by atoms with Crippen LogP contribution in [0.15, 0.2) is 48.7 Å². The maximum atomic E-state index is 13.9. The van der Waals surface area contributed by atoms with Gasteiger partial charge in [-0.2, -0.15) is 0 Å². The number of rotatable bonds is 5. The van der Waals surface area contributed by atoms with Gasteiger partial charge in [0.05, 0.1) is 0 Å². The van der Waals surface area contributed by atoms with Crippen molar-refractivity contribution in [2.75, 3.05) is 31.1 Å². The van der Waals surface area contributed by atoms with Gasteiger partial charge in [-0.15, -0.1) is 0 Å². The van der Waals surface area contributed by atoms with Gasteiger partial charge in [0.15, 0.2) is 11.6 Å². The van der Waals surface area contributed by atoms with E-state index >= 15 is 0 Å². The summed E-state index contributed by atoms with van der Waals surface area (Å²) in [7, 11) is 0. The van der Waals surface area contributed by atoms with E-state index in [0.717, 1.165) is 39.1 Å². The van der Waals surface area contributed by atoms with Crippen molar-refractivity contribution < 1.29 is 4.39 Å². The molecule has 1 aromatic carbocycles. The molecule has 4 rings (SSSR count). The van der Waals surface area contributed by atoms with Crippen molar-refractivity contribution >= 4 is 5.82 Å². The van der Waals surface area contributed by atoms with E-state index in [1.54, 1.807) is 12.3 Å². The van der Waals surface area contributed by atoms with Crippen molar-refractivity contribution in [3.05, 3.63) is 60.0 Å². The van der Waals surface area contributed by atoms with Gasteiger partial charge < -0.3 is 10.2 Å². The van der Waals surface area contributed by atoms with Gasteiger partial charge >= 0.3 is 0 Å². The van der Waals surface area contributed by atoms with Crippen LogP contribution in [-0.2, 0) is 6.54 Å². The lowest BCUT2D eigenvalue weighted by Crippen LogP contribution is -2.41. The fourth-order valence-electron chi connectivity index (χ4n) is 3.99. The molecule has 2 fully saturated rings. The third kappa shape index (κ3) is 3.99. The van der Waals surface area contributed by atoms with E-state index in [2.05, 4.69) is 50.4 Å². The molecule has 4 nitrogen and oxygen atoms in total. The molecule has 2 aliphatic rings. The molecular weight excluding hydrogens is 315 g/mol. The highest BCUT2D eigenvalue weighted by atomic mass is 19.1. The first-order valence-corrected chi connectivity index (χ1v) is 9.16. The Bertz CT molecular complexity index is 693. The van der Waals surface area contributed by atoms with Gasteiger partial charge in [0.1, 0.15) is 0 Å². The van der Waals surface area contributed by atoms with Gasteiger partial charge in [-0.1, -0.05) is 30.3 Å². The van der Waals surface area contributed by atoms with E-state index < -0.39 is 0 Å². The molecule has 5 heteroatoms. The van der Waals surface area contributed by atoms with Crippen LogP contribution in [0.4, 0.5) is 10.2 Å². The Hall–Kier alpha value is -1.98. The van der Waals surface area contributed by atoms with Gasteiger partial charge in [-0.25, -0.2) is 9.37 Å². The largest absolute Gasteiger partial charge is 0.353 e. The van der Waals surface area contributed by atoms with Crippen LogP contribution in [0.25, 0.3) is 0 Å². The standard InChI is InChI=1S/C20H25FN4/c21-19-7-4-10-22-20(19)25-12-9-18(15-25)23-17-8-11-24(14-17)13-16-5-2-1-3-6-16/h1-7,10,17-18,23H,8-9,11-15H2/t17-,18+/m0/s1. The summed E-state index contributed by atoms with van der Waals surface area (Å²) in [5, 5.41) is 3.78. The van der Waals surface area contributed by atoms with Gasteiger partial charge in [0, 0.05) is 51.0 Å². The lowest BCUT2D eigenvalue weighted by molar-refractivity contribution is 0.315. The summed E-state index contributed by atoms with van der Waals surface area (Å²) in [6.45, 7) is 4.95. The van der Waals surface area contributed by atoms with Gasteiger partial charge in [0.2, 0.25) is 0 Å². The fraction of sp³-hybridized carbons (Fsp3) is 0.450. The second-order valence-electron chi connectivity index (χ2n) is 7.11. The Morgan fingerprint density at radius 2 is 1.80 bits per heavy atom. The molecule has 2 atom stereocenters. The summed E-state index contributed by atoms with van der Waals surface area (Å²) >= 11 is 0. The van der Waals surface area contributed by atoms with Crippen LogP contribution in [0.2, 0.25) is 0 Å². The van der Waals surface area contributed by atoms with E-state index in [9.17, 15) is 4.39 Å². The molecule has 132 valence electrons. The minimum atomic E-state index is -0.224. The van der Waals surface area contributed by atoms with Crippen molar-refractivity contribution in [1.29, 1.82) is 0 Å². The van der Waals surface area contributed by atoms with E-state index in [1.165, 1.54) is 18.1 Å². The number of halogens is 1. The number of aromatic nitrogens is 1. The number of nitrogens with one attached hydrogen (secondary N) is 1. The molecule has 0 radical (unpaired) electrons. The van der Waals surface area contributed by atoms with Crippen molar-refractivity contribution in [3.8, 4) is 0 Å². The number of hydrogen-bond donors (Lipinski definition) is 1. The van der Waals surface area contributed by atoms with E-state index in [4.69, 9.17) is 0 Å². The Balaban J connectivity index is 1.27. The molecule has 0 saturated carbocycles. The molecule has 1 N–H and O–H groups in total. The summed E-state index contributed by atoms with van der Waals surface area (Å²) in [5.74, 6) is 0.266. The first kappa shape index (κ1) is 16.5. The molecule has 0 aliphatic carbocycles. The van der Waals surface area contributed by atoms with E-state index in [0.29, 0.717) is 17.9 Å². The van der Waals surface area contributed by atoms with Crippen LogP contribution >= 0.6 is 0 Å². The summed E-state index contributed by atoms with van der Waals surface area (Å²) in [6, 6.07) is 14.7. The normalized spacial score (nSPS) is 24.1. The zero-order chi connectivity index (χ0) is 17.1. The quantitative estimate of drug-likeness (QED) is 0.907. The van der Waals surface area contributed by atoms with Crippen LogP contribution in [0.3, 0.4) is 0 Å². The Morgan fingerprint density at radius 3 is 2.64 bits per heavy atom.